The summed E-state index contributed by atoms with van der Waals surface area (Å²) in [5.74, 6) is 0.346. The van der Waals surface area contributed by atoms with E-state index in [0.717, 1.165) is 16.8 Å². The second-order valence-electron chi connectivity index (χ2n) is 5.99. The van der Waals surface area contributed by atoms with E-state index < -0.39 is 0 Å². The third-order valence-electron chi connectivity index (χ3n) is 3.10. The van der Waals surface area contributed by atoms with Gasteiger partial charge in [0, 0.05) is 16.5 Å². The number of nitrogens with zero attached hydrogens (tertiary/aromatic N) is 1. The van der Waals surface area contributed by atoms with Crippen LogP contribution in [-0.4, -0.2) is 18.8 Å². The van der Waals surface area contributed by atoms with Crippen LogP contribution in [-0.2, 0) is 26.0 Å². The molecule has 0 atom stereocenters. The van der Waals surface area contributed by atoms with E-state index in [2.05, 4.69) is 64.7 Å². The van der Waals surface area contributed by atoms with Crippen LogP contribution in [0, 0.1) is 7.43 Å². The quantitative estimate of drug-likeness (QED) is 0.276. The van der Waals surface area contributed by atoms with Crippen molar-refractivity contribution in [2.45, 2.75) is 66.7 Å². The molecule has 0 bridgehead atoms. The van der Waals surface area contributed by atoms with Crippen molar-refractivity contribution in [2.75, 3.05) is 7.11 Å². The SMILES string of the molecule is CCC.COC(=O)C(C)=Nc1c(C(C)C)cccc1C(C)C.[CH3-].[Ni]. The maximum atomic E-state index is 11.5. The Bertz CT molecular complexity index is 482. The predicted octanol–water partition coefficient (Wildman–Crippen LogP) is 6.06. The van der Waals surface area contributed by atoms with Crippen molar-refractivity contribution in [3.05, 3.63) is 36.8 Å². The molecule has 0 spiro atoms. The average molecular weight is 379 g/mol. The van der Waals surface area contributed by atoms with Crippen molar-refractivity contribution < 1.29 is 26.0 Å². The van der Waals surface area contributed by atoms with Gasteiger partial charge in [-0.2, -0.15) is 0 Å². The Morgan fingerprint density at radius 2 is 1.46 bits per heavy atom. The number of para-hydroxylation sites is 1. The van der Waals surface area contributed by atoms with E-state index in [1.165, 1.54) is 13.5 Å². The minimum atomic E-state index is -0.381. The molecule has 0 fully saturated rings. The maximum Gasteiger partial charge on any atom is 0.352 e. The molecular weight excluding hydrogens is 345 g/mol. The third-order valence-corrected chi connectivity index (χ3v) is 3.10. The molecule has 0 radical (unpaired) electrons. The van der Waals surface area contributed by atoms with Gasteiger partial charge in [0.15, 0.2) is 0 Å². The minimum absolute atomic E-state index is 0. The molecule has 1 aromatic rings. The molecule has 4 heteroatoms. The first-order valence-electron chi connectivity index (χ1n) is 8.06. The molecule has 0 aliphatic rings. The molecule has 142 valence electrons. The summed E-state index contributed by atoms with van der Waals surface area (Å²) in [5.41, 5.74) is 3.62. The molecule has 0 amide bonds. The molecule has 0 aromatic heterocycles. The van der Waals surface area contributed by atoms with Crippen LogP contribution < -0.4 is 0 Å². The van der Waals surface area contributed by atoms with Gasteiger partial charge in [-0.15, -0.1) is 0 Å². The van der Waals surface area contributed by atoms with Crippen LogP contribution in [0.25, 0.3) is 0 Å². The van der Waals surface area contributed by atoms with Crippen LogP contribution in [0.4, 0.5) is 5.69 Å². The van der Waals surface area contributed by atoms with Gasteiger partial charge in [0.25, 0.3) is 0 Å². The number of rotatable bonds is 4. The first kappa shape index (κ1) is 27.7. The molecule has 1 aromatic carbocycles. The van der Waals surface area contributed by atoms with E-state index >= 15 is 0 Å². The zero-order valence-corrected chi connectivity index (χ0v) is 17.7. The van der Waals surface area contributed by atoms with Gasteiger partial charge in [-0.3, -0.25) is 0 Å². The molecule has 3 nitrogen and oxygen atoms in total. The Hall–Kier alpha value is -1.15. The van der Waals surface area contributed by atoms with Crippen LogP contribution in [0.1, 0.15) is 77.8 Å². The van der Waals surface area contributed by atoms with Gasteiger partial charge in [0.05, 0.1) is 12.8 Å². The van der Waals surface area contributed by atoms with Gasteiger partial charge in [0.1, 0.15) is 5.71 Å². The van der Waals surface area contributed by atoms with Crippen molar-refractivity contribution >= 4 is 17.4 Å². The van der Waals surface area contributed by atoms with Gasteiger partial charge < -0.3 is 12.2 Å². The fraction of sp³-hybridized carbons (Fsp3) is 0.550. The Morgan fingerprint density at radius 1 is 1.08 bits per heavy atom. The summed E-state index contributed by atoms with van der Waals surface area (Å²) in [6.07, 6.45) is 1.25. The maximum absolute atomic E-state index is 11.5. The van der Waals surface area contributed by atoms with Crippen molar-refractivity contribution in [3.63, 3.8) is 0 Å². The third kappa shape index (κ3) is 8.63. The number of hydrogen-bond donors (Lipinski definition) is 0. The van der Waals surface area contributed by atoms with Gasteiger partial charge >= 0.3 is 5.97 Å². The largest absolute Gasteiger partial charge is 0.465 e. The van der Waals surface area contributed by atoms with Gasteiger partial charge in [-0.1, -0.05) is 66.2 Å². The van der Waals surface area contributed by atoms with E-state index in [1.807, 2.05) is 0 Å². The predicted molar refractivity (Wildman–Crippen MR) is 102 cm³/mol. The molecular formula is C20H34NNiO2-. The summed E-state index contributed by atoms with van der Waals surface area (Å²) in [5, 5.41) is 0. The summed E-state index contributed by atoms with van der Waals surface area (Å²) in [6.45, 7) is 14.5. The van der Waals surface area contributed by atoms with E-state index in [1.54, 1.807) is 6.92 Å². The summed E-state index contributed by atoms with van der Waals surface area (Å²) in [6, 6.07) is 6.19. The van der Waals surface area contributed by atoms with E-state index in [-0.39, 0.29) is 29.9 Å². The molecule has 24 heavy (non-hydrogen) atoms. The summed E-state index contributed by atoms with van der Waals surface area (Å²) >= 11 is 0. The van der Waals surface area contributed by atoms with Gasteiger partial charge in [0.2, 0.25) is 0 Å². The zero-order valence-electron chi connectivity index (χ0n) is 16.7. The second kappa shape index (κ2) is 14.2. The topological polar surface area (TPSA) is 38.7 Å². The normalized spacial score (nSPS) is 10.3. The number of aliphatic imine (C=N–C) groups is 1. The molecule has 0 heterocycles. The fourth-order valence-corrected chi connectivity index (χ4v) is 2.00. The first-order valence-corrected chi connectivity index (χ1v) is 8.06. The number of ether oxygens (including phenoxy) is 1. The van der Waals surface area contributed by atoms with Crippen molar-refractivity contribution in [1.29, 1.82) is 0 Å². The Balaban J connectivity index is -0.000000818. The number of carbonyl (C=O) groups is 1. The molecule has 0 aliphatic heterocycles. The molecule has 0 aliphatic carbocycles. The average Bonchev–Trinajstić information content (AvgIpc) is 2.46. The first-order chi connectivity index (χ1) is 10.3. The Morgan fingerprint density at radius 3 is 1.75 bits per heavy atom. The van der Waals surface area contributed by atoms with E-state index in [0.29, 0.717) is 17.5 Å². The summed E-state index contributed by atoms with van der Waals surface area (Å²) in [4.78, 5) is 16.0. The van der Waals surface area contributed by atoms with Crippen molar-refractivity contribution in [1.82, 2.24) is 0 Å². The number of esters is 1. The fourth-order valence-electron chi connectivity index (χ4n) is 2.00. The Labute approximate surface area is 159 Å². The zero-order chi connectivity index (χ0) is 17.3. The number of benzene rings is 1. The number of carbonyl (C=O) groups excluding carboxylic acids is 1. The molecule has 0 unspecified atom stereocenters. The summed E-state index contributed by atoms with van der Waals surface area (Å²) in [7, 11) is 1.37. The summed E-state index contributed by atoms with van der Waals surface area (Å²) < 4.78 is 4.72. The van der Waals surface area contributed by atoms with Crippen LogP contribution >= 0.6 is 0 Å². The van der Waals surface area contributed by atoms with E-state index in [4.69, 9.17) is 4.74 Å². The standard InChI is InChI=1S/C16H23NO2.C3H8.CH3.Ni/c1-10(2)13-8-7-9-14(11(3)4)15(13)17-12(5)16(18)19-6;1-3-2;;/h7-11H,1-6H3;3H2,1-2H3;1H3;/q;;-1;. The number of methoxy groups -OCH3 is 1. The monoisotopic (exact) mass is 378 g/mol. The molecule has 0 N–H and O–H groups in total. The number of hydrogen-bond acceptors (Lipinski definition) is 3. The van der Waals surface area contributed by atoms with Crippen molar-refractivity contribution in [3.8, 4) is 0 Å². The second-order valence-corrected chi connectivity index (χ2v) is 5.99. The Kier molecular flexibility index (Phi) is 16.4. The van der Waals surface area contributed by atoms with Crippen LogP contribution in [0.5, 0.6) is 0 Å². The molecule has 1 rings (SSSR count). The molecule has 0 saturated carbocycles. The van der Waals surface area contributed by atoms with Crippen LogP contribution in [0.15, 0.2) is 23.2 Å². The smallest absolute Gasteiger partial charge is 0.352 e. The minimum Gasteiger partial charge on any atom is -0.465 e. The van der Waals surface area contributed by atoms with Gasteiger partial charge in [-0.25, -0.2) is 9.79 Å². The molecule has 0 saturated heterocycles. The van der Waals surface area contributed by atoms with Gasteiger partial charge in [-0.05, 0) is 29.9 Å². The van der Waals surface area contributed by atoms with Crippen LogP contribution in [0.2, 0.25) is 0 Å². The van der Waals surface area contributed by atoms with E-state index in [9.17, 15) is 4.79 Å². The van der Waals surface area contributed by atoms with Crippen molar-refractivity contribution in [2.24, 2.45) is 4.99 Å². The van der Waals surface area contributed by atoms with Crippen LogP contribution in [0.3, 0.4) is 0 Å².